The van der Waals surface area contributed by atoms with Gasteiger partial charge in [-0.25, -0.2) is 0 Å². The van der Waals surface area contributed by atoms with E-state index in [-0.39, 0.29) is 12.4 Å². The zero-order valence-electron chi connectivity index (χ0n) is 13.2. The summed E-state index contributed by atoms with van der Waals surface area (Å²) in [5, 5.41) is 3.03. The summed E-state index contributed by atoms with van der Waals surface area (Å²) >= 11 is 0. The van der Waals surface area contributed by atoms with Crippen molar-refractivity contribution in [2.75, 3.05) is 0 Å². The van der Waals surface area contributed by atoms with E-state index in [9.17, 15) is 0 Å². The summed E-state index contributed by atoms with van der Waals surface area (Å²) in [5.41, 5.74) is 8.43. The van der Waals surface area contributed by atoms with E-state index in [1.165, 1.54) is 44.0 Å². The highest BCUT2D eigenvalue weighted by molar-refractivity contribution is 7.56. The van der Waals surface area contributed by atoms with Crippen molar-refractivity contribution in [3.8, 4) is 0 Å². The Morgan fingerprint density at radius 1 is 0.550 bits per heavy atom. The molecule has 0 fully saturated rings. The zero-order chi connectivity index (χ0) is 14.2. The average Bonchev–Trinajstić information content (AvgIpc) is 2.25. The van der Waals surface area contributed by atoms with Crippen molar-refractivity contribution in [1.82, 2.24) is 0 Å². The highest BCUT2D eigenvalue weighted by Gasteiger charge is 2.09. The maximum atomic E-state index is 2.30. The van der Waals surface area contributed by atoms with Crippen LogP contribution in [0.2, 0.25) is 0 Å². The summed E-state index contributed by atoms with van der Waals surface area (Å²) in [6.45, 7) is 13.3. The second kappa shape index (κ2) is 6.74. The molecule has 20 heavy (non-hydrogen) atoms. The summed E-state index contributed by atoms with van der Waals surface area (Å²) in [4.78, 5) is 0. The topological polar surface area (TPSA) is 0 Å². The van der Waals surface area contributed by atoms with Gasteiger partial charge in [0, 0.05) is 0 Å². The zero-order valence-corrected chi connectivity index (χ0v) is 15.0. The first-order chi connectivity index (χ1) is 8.88. The van der Waals surface area contributed by atoms with E-state index in [0.29, 0.717) is 0 Å². The van der Waals surface area contributed by atoms with E-state index in [1.807, 2.05) is 0 Å². The minimum absolute atomic E-state index is 0. The van der Waals surface area contributed by atoms with Crippen molar-refractivity contribution in [2.24, 2.45) is 0 Å². The Morgan fingerprint density at radius 2 is 0.800 bits per heavy atom. The van der Waals surface area contributed by atoms with E-state index < -0.39 is 0 Å². The maximum Gasteiger partial charge on any atom is -0.0168 e. The van der Waals surface area contributed by atoms with Crippen molar-refractivity contribution in [2.45, 2.75) is 41.5 Å². The van der Waals surface area contributed by atoms with Crippen LogP contribution in [0.1, 0.15) is 33.4 Å². The largest absolute Gasteiger partial charge is 0.147 e. The van der Waals surface area contributed by atoms with E-state index in [2.05, 4.69) is 65.8 Å². The normalized spacial score (nSPS) is 10.3. The lowest BCUT2D eigenvalue weighted by molar-refractivity contribution is 1.35. The quantitative estimate of drug-likeness (QED) is 0.712. The first kappa shape index (κ1) is 17.2. The van der Waals surface area contributed by atoms with Gasteiger partial charge in [-0.05, 0) is 74.4 Å². The lowest BCUT2D eigenvalue weighted by Gasteiger charge is -2.16. The van der Waals surface area contributed by atoms with Crippen molar-refractivity contribution < 1.29 is 0 Å². The van der Waals surface area contributed by atoms with Gasteiger partial charge in [0.15, 0.2) is 0 Å². The second-order valence-electron chi connectivity index (χ2n) is 5.67. The molecule has 2 heteroatoms. The molecule has 2 rings (SSSR count). The molecule has 108 valence electrons. The first-order valence-electron chi connectivity index (χ1n) is 6.81. The highest BCUT2D eigenvalue weighted by atomic mass is 35.5. The fourth-order valence-corrected chi connectivity index (χ4v) is 4.21. The predicted octanol–water partition coefficient (Wildman–Crippen LogP) is 4.59. The molecule has 0 aliphatic rings. The molecule has 0 aliphatic carbocycles. The lowest BCUT2D eigenvalue weighted by atomic mass is 10.1. The van der Waals surface area contributed by atoms with Gasteiger partial charge in [0.25, 0.3) is 0 Å². The Balaban J connectivity index is 0.00000200. The molecule has 0 aromatic heterocycles. The molecule has 0 saturated heterocycles. The molecule has 0 bridgehead atoms. The first-order valence-corrected chi connectivity index (χ1v) is 7.81. The fraction of sp³-hybridized carbons (Fsp3) is 0.333. The van der Waals surface area contributed by atoms with Gasteiger partial charge in [0.05, 0.1) is 0 Å². The summed E-state index contributed by atoms with van der Waals surface area (Å²) in [7, 11) is 0.765. The Labute approximate surface area is 131 Å². The second-order valence-corrected chi connectivity index (χ2v) is 6.92. The molecule has 0 atom stereocenters. The van der Waals surface area contributed by atoms with Crippen molar-refractivity contribution in [1.29, 1.82) is 0 Å². The SMILES string of the molecule is Cc1cc(C)c(Pc2c(C)cc(C)cc2C)c(C)c1.Cl. The van der Waals surface area contributed by atoms with Crippen LogP contribution >= 0.6 is 21.0 Å². The summed E-state index contributed by atoms with van der Waals surface area (Å²) in [5.74, 6) is 0. The summed E-state index contributed by atoms with van der Waals surface area (Å²) in [6, 6.07) is 9.20. The predicted molar refractivity (Wildman–Crippen MR) is 96.1 cm³/mol. The Bertz CT molecular complexity index is 528. The van der Waals surface area contributed by atoms with Gasteiger partial charge in [-0.15, -0.1) is 12.4 Å². The number of rotatable bonds is 2. The number of hydrogen-bond donors (Lipinski definition) is 0. The summed E-state index contributed by atoms with van der Waals surface area (Å²) < 4.78 is 0. The maximum absolute atomic E-state index is 2.30. The van der Waals surface area contributed by atoms with Crippen LogP contribution in [0.15, 0.2) is 24.3 Å². The minimum atomic E-state index is 0. The Hall–Kier alpha value is -0.840. The van der Waals surface area contributed by atoms with Crippen LogP contribution < -0.4 is 10.6 Å². The van der Waals surface area contributed by atoms with Crippen LogP contribution in [-0.4, -0.2) is 0 Å². The third-order valence-corrected chi connectivity index (χ3v) is 5.68. The molecule has 2 aromatic carbocycles. The number of hydrogen-bond acceptors (Lipinski definition) is 0. The molecule has 0 heterocycles. The highest BCUT2D eigenvalue weighted by Crippen LogP contribution is 2.22. The van der Waals surface area contributed by atoms with Gasteiger partial charge < -0.3 is 0 Å². The molecule has 0 nitrogen and oxygen atoms in total. The number of aryl methyl sites for hydroxylation is 6. The van der Waals surface area contributed by atoms with Gasteiger partial charge in [-0.3, -0.25) is 0 Å². The van der Waals surface area contributed by atoms with E-state index in [4.69, 9.17) is 0 Å². The Kier molecular flexibility index (Phi) is 5.80. The molecule has 0 saturated carbocycles. The van der Waals surface area contributed by atoms with Gasteiger partial charge >= 0.3 is 0 Å². The number of benzene rings is 2. The summed E-state index contributed by atoms with van der Waals surface area (Å²) in [6.07, 6.45) is 0. The van der Waals surface area contributed by atoms with Crippen molar-refractivity contribution in [3.05, 3.63) is 57.6 Å². The smallest absolute Gasteiger partial charge is 0.0168 e. The number of halogens is 1. The molecule has 0 amide bonds. The van der Waals surface area contributed by atoms with Crippen molar-refractivity contribution >= 4 is 31.6 Å². The van der Waals surface area contributed by atoms with Crippen LogP contribution in [0.4, 0.5) is 0 Å². The molecular weight excluding hydrogens is 283 g/mol. The van der Waals surface area contributed by atoms with Gasteiger partial charge in [-0.1, -0.05) is 44.0 Å². The third kappa shape index (κ3) is 3.62. The Morgan fingerprint density at radius 3 is 1.05 bits per heavy atom. The average molecular weight is 307 g/mol. The van der Waals surface area contributed by atoms with Crippen LogP contribution in [0.5, 0.6) is 0 Å². The van der Waals surface area contributed by atoms with Gasteiger partial charge in [0.1, 0.15) is 0 Å². The molecule has 2 aromatic rings. The third-order valence-electron chi connectivity index (χ3n) is 3.60. The molecule has 0 unspecified atom stereocenters. The molecule has 0 radical (unpaired) electrons. The molecule has 0 spiro atoms. The van der Waals surface area contributed by atoms with Crippen LogP contribution in [0, 0.1) is 41.5 Å². The minimum Gasteiger partial charge on any atom is -0.147 e. The molecule has 0 N–H and O–H groups in total. The van der Waals surface area contributed by atoms with Gasteiger partial charge in [0.2, 0.25) is 0 Å². The fourth-order valence-electron chi connectivity index (χ4n) is 2.88. The van der Waals surface area contributed by atoms with Crippen LogP contribution in [0.3, 0.4) is 0 Å². The van der Waals surface area contributed by atoms with E-state index in [1.54, 1.807) is 0 Å². The van der Waals surface area contributed by atoms with Crippen LogP contribution in [0.25, 0.3) is 0 Å². The lowest BCUT2D eigenvalue weighted by Crippen LogP contribution is -2.15. The van der Waals surface area contributed by atoms with Crippen LogP contribution in [-0.2, 0) is 0 Å². The standard InChI is InChI=1S/C18H23P.ClH/c1-11-7-13(3)17(14(4)8-11)19-18-15(5)9-12(2)10-16(18)6;/h7-10,19H,1-6H3;1H. The van der Waals surface area contributed by atoms with Crippen molar-refractivity contribution in [3.63, 3.8) is 0 Å². The van der Waals surface area contributed by atoms with E-state index >= 15 is 0 Å². The molecular formula is C18H24ClP. The van der Waals surface area contributed by atoms with Gasteiger partial charge in [-0.2, -0.15) is 0 Å². The molecule has 0 aliphatic heterocycles. The van der Waals surface area contributed by atoms with E-state index in [0.717, 1.165) is 8.58 Å². The monoisotopic (exact) mass is 306 g/mol.